The first-order valence-electron chi connectivity index (χ1n) is 5.20. The maximum absolute atomic E-state index is 11.4. The molecule has 0 bridgehead atoms. The Balaban J connectivity index is 2.40. The number of aryl methyl sites for hydroxylation is 1. The number of nitrogens with zero attached hydrogens (tertiary/aromatic N) is 1. The van der Waals surface area contributed by atoms with E-state index in [1.807, 2.05) is 6.92 Å². The number of aliphatic carboxylic acids is 1. The fourth-order valence-electron chi connectivity index (χ4n) is 1.20. The van der Waals surface area contributed by atoms with Crippen molar-refractivity contribution in [1.29, 1.82) is 0 Å². The van der Waals surface area contributed by atoms with E-state index in [2.05, 4.69) is 15.6 Å². The Hall–Kier alpha value is -1.63. The number of carboxylic acids is 1. The summed E-state index contributed by atoms with van der Waals surface area (Å²) in [4.78, 5) is 27.1. The second-order valence-electron chi connectivity index (χ2n) is 3.49. The lowest BCUT2D eigenvalue weighted by atomic mass is 10.2. The summed E-state index contributed by atoms with van der Waals surface area (Å²) in [5.41, 5.74) is 2.58. The van der Waals surface area contributed by atoms with E-state index < -0.39 is 18.0 Å². The molecule has 1 aromatic rings. The second-order valence-corrected chi connectivity index (χ2v) is 4.43. The summed E-state index contributed by atoms with van der Waals surface area (Å²) in [5.74, 6) is -1.03. The van der Waals surface area contributed by atoms with Gasteiger partial charge in [0.05, 0.1) is 17.7 Å². The predicted molar refractivity (Wildman–Crippen MR) is 63.9 cm³/mol. The third kappa shape index (κ3) is 4.03. The summed E-state index contributed by atoms with van der Waals surface area (Å²) in [6, 6.07) is -1.33. The average molecular weight is 257 g/mol. The van der Waals surface area contributed by atoms with Crippen LogP contribution in [0.25, 0.3) is 0 Å². The average Bonchev–Trinajstić information content (AvgIpc) is 2.68. The standard InChI is InChI=1S/C10H15N3O3S/c1-3-7(9(14)15)13-10(16)11-4-8-6(2)12-5-17-8/h5,7H,3-4H2,1-2H3,(H,14,15)(H2,11,13,16). The van der Waals surface area contributed by atoms with E-state index >= 15 is 0 Å². The quantitative estimate of drug-likeness (QED) is 0.737. The van der Waals surface area contributed by atoms with Crippen molar-refractivity contribution < 1.29 is 14.7 Å². The molecule has 0 aliphatic carbocycles. The fraction of sp³-hybridized carbons (Fsp3) is 0.500. The number of nitrogens with one attached hydrogen (secondary N) is 2. The number of carbonyl (C=O) groups is 2. The van der Waals surface area contributed by atoms with Crippen molar-refractivity contribution in [2.75, 3.05) is 0 Å². The van der Waals surface area contributed by atoms with Gasteiger partial charge in [-0.05, 0) is 13.3 Å². The van der Waals surface area contributed by atoms with Crippen molar-refractivity contribution in [2.45, 2.75) is 32.9 Å². The van der Waals surface area contributed by atoms with E-state index in [0.717, 1.165) is 10.6 Å². The van der Waals surface area contributed by atoms with Gasteiger partial charge in [0.1, 0.15) is 6.04 Å². The molecule has 0 saturated heterocycles. The van der Waals surface area contributed by atoms with Gasteiger partial charge in [-0.15, -0.1) is 11.3 Å². The lowest BCUT2D eigenvalue weighted by molar-refractivity contribution is -0.139. The topological polar surface area (TPSA) is 91.3 Å². The summed E-state index contributed by atoms with van der Waals surface area (Å²) in [6.07, 6.45) is 0.350. The Labute approximate surface area is 103 Å². The van der Waals surface area contributed by atoms with Crippen LogP contribution in [0.15, 0.2) is 5.51 Å². The highest BCUT2D eigenvalue weighted by atomic mass is 32.1. The first kappa shape index (κ1) is 13.4. The molecule has 0 radical (unpaired) electrons. The van der Waals surface area contributed by atoms with Gasteiger partial charge in [-0.25, -0.2) is 14.6 Å². The maximum atomic E-state index is 11.4. The Kier molecular flexibility index (Phi) is 4.89. The monoisotopic (exact) mass is 257 g/mol. The minimum atomic E-state index is -1.03. The van der Waals surface area contributed by atoms with Crippen LogP contribution in [0.5, 0.6) is 0 Å². The molecule has 7 heteroatoms. The third-order valence-electron chi connectivity index (χ3n) is 2.27. The molecule has 6 nitrogen and oxygen atoms in total. The molecule has 0 aliphatic heterocycles. The van der Waals surface area contributed by atoms with Crippen LogP contribution in [0.1, 0.15) is 23.9 Å². The highest BCUT2D eigenvalue weighted by Gasteiger charge is 2.17. The second kappa shape index (κ2) is 6.19. The van der Waals surface area contributed by atoms with Gasteiger partial charge < -0.3 is 15.7 Å². The molecule has 3 N–H and O–H groups in total. The normalized spacial score (nSPS) is 11.9. The molecule has 0 fully saturated rings. The predicted octanol–water partition coefficient (Wildman–Crippen LogP) is 1.11. The highest BCUT2D eigenvalue weighted by molar-refractivity contribution is 7.09. The molecule has 17 heavy (non-hydrogen) atoms. The highest BCUT2D eigenvalue weighted by Crippen LogP contribution is 2.10. The number of carbonyl (C=O) groups excluding carboxylic acids is 1. The number of amides is 2. The van der Waals surface area contributed by atoms with Gasteiger partial charge in [0.25, 0.3) is 0 Å². The van der Waals surface area contributed by atoms with Gasteiger partial charge in [0, 0.05) is 4.88 Å². The van der Waals surface area contributed by atoms with E-state index in [-0.39, 0.29) is 0 Å². The summed E-state index contributed by atoms with van der Waals surface area (Å²) in [5, 5.41) is 13.8. The number of rotatable bonds is 5. The van der Waals surface area contributed by atoms with Crippen LogP contribution >= 0.6 is 11.3 Å². The number of hydrogen-bond acceptors (Lipinski definition) is 4. The Morgan fingerprint density at radius 3 is 2.76 bits per heavy atom. The number of aromatic nitrogens is 1. The molecule has 1 aromatic heterocycles. The lowest BCUT2D eigenvalue weighted by Crippen LogP contribution is -2.45. The molecule has 0 aliphatic rings. The van der Waals surface area contributed by atoms with Crippen molar-refractivity contribution in [2.24, 2.45) is 0 Å². The first-order valence-corrected chi connectivity index (χ1v) is 6.08. The summed E-state index contributed by atoms with van der Waals surface area (Å²) in [7, 11) is 0. The zero-order valence-electron chi connectivity index (χ0n) is 9.69. The molecule has 1 atom stereocenters. The number of thiazole rings is 1. The van der Waals surface area contributed by atoms with Gasteiger partial charge in [-0.1, -0.05) is 6.92 Å². The first-order chi connectivity index (χ1) is 8.04. The molecule has 1 heterocycles. The zero-order valence-corrected chi connectivity index (χ0v) is 10.5. The number of carboxylic acid groups (broad SMARTS) is 1. The van der Waals surface area contributed by atoms with E-state index in [1.54, 1.807) is 12.4 Å². The van der Waals surface area contributed by atoms with Crippen LogP contribution in [0.4, 0.5) is 4.79 Å². The van der Waals surface area contributed by atoms with Crippen LogP contribution in [0.2, 0.25) is 0 Å². The molecule has 0 spiro atoms. The molecular formula is C10H15N3O3S. The van der Waals surface area contributed by atoms with E-state index in [1.165, 1.54) is 11.3 Å². The Morgan fingerprint density at radius 2 is 2.29 bits per heavy atom. The SMILES string of the molecule is CCC(NC(=O)NCc1scnc1C)C(=O)O. The van der Waals surface area contributed by atoms with Gasteiger partial charge in [-0.2, -0.15) is 0 Å². The van der Waals surface area contributed by atoms with Gasteiger partial charge >= 0.3 is 12.0 Å². The van der Waals surface area contributed by atoms with Crippen molar-refractivity contribution in [3.05, 3.63) is 16.1 Å². The molecule has 2 amide bonds. The van der Waals surface area contributed by atoms with Crippen molar-refractivity contribution in [3.8, 4) is 0 Å². The van der Waals surface area contributed by atoms with Crippen molar-refractivity contribution in [3.63, 3.8) is 0 Å². The van der Waals surface area contributed by atoms with Crippen molar-refractivity contribution in [1.82, 2.24) is 15.6 Å². The summed E-state index contributed by atoms with van der Waals surface area (Å²) < 4.78 is 0. The molecule has 94 valence electrons. The summed E-state index contributed by atoms with van der Waals surface area (Å²) in [6.45, 7) is 3.92. The molecule has 0 aromatic carbocycles. The molecule has 0 saturated carbocycles. The number of urea groups is 1. The molecule has 1 rings (SSSR count). The van der Waals surface area contributed by atoms with Crippen LogP contribution in [-0.2, 0) is 11.3 Å². The third-order valence-corrected chi connectivity index (χ3v) is 3.20. The van der Waals surface area contributed by atoms with Crippen LogP contribution < -0.4 is 10.6 Å². The maximum Gasteiger partial charge on any atom is 0.326 e. The fourth-order valence-corrected chi connectivity index (χ4v) is 1.92. The lowest BCUT2D eigenvalue weighted by Gasteiger charge is -2.12. The minimum absolute atomic E-state index is 0.350. The Morgan fingerprint density at radius 1 is 1.59 bits per heavy atom. The van der Waals surface area contributed by atoms with E-state index in [0.29, 0.717) is 13.0 Å². The van der Waals surface area contributed by atoms with E-state index in [9.17, 15) is 9.59 Å². The van der Waals surface area contributed by atoms with E-state index in [4.69, 9.17) is 5.11 Å². The van der Waals surface area contributed by atoms with Gasteiger partial charge in [-0.3, -0.25) is 0 Å². The van der Waals surface area contributed by atoms with Crippen molar-refractivity contribution >= 4 is 23.3 Å². The van der Waals surface area contributed by atoms with Crippen LogP contribution in [0.3, 0.4) is 0 Å². The van der Waals surface area contributed by atoms with Crippen LogP contribution in [0, 0.1) is 6.92 Å². The minimum Gasteiger partial charge on any atom is -0.480 e. The number of hydrogen-bond donors (Lipinski definition) is 3. The molecule has 1 unspecified atom stereocenters. The zero-order chi connectivity index (χ0) is 12.8. The molecular weight excluding hydrogens is 242 g/mol. The van der Waals surface area contributed by atoms with Gasteiger partial charge in [0.2, 0.25) is 0 Å². The smallest absolute Gasteiger partial charge is 0.326 e. The van der Waals surface area contributed by atoms with Gasteiger partial charge in [0.15, 0.2) is 0 Å². The largest absolute Gasteiger partial charge is 0.480 e. The summed E-state index contributed by atoms with van der Waals surface area (Å²) >= 11 is 1.45. The Bertz CT molecular complexity index is 405. The van der Waals surface area contributed by atoms with Crippen LogP contribution in [-0.4, -0.2) is 28.1 Å².